The summed E-state index contributed by atoms with van der Waals surface area (Å²) < 4.78 is 0.708. The zero-order valence-electron chi connectivity index (χ0n) is 8.75. The molecule has 0 bridgehead atoms. The van der Waals surface area contributed by atoms with E-state index < -0.39 is 0 Å². The van der Waals surface area contributed by atoms with Crippen LogP contribution in [0.2, 0.25) is 0 Å². The molecule has 0 unspecified atom stereocenters. The van der Waals surface area contributed by atoms with Gasteiger partial charge in [-0.05, 0) is 35.8 Å². The van der Waals surface area contributed by atoms with Gasteiger partial charge in [-0.3, -0.25) is 9.78 Å². The fraction of sp³-hybridized carbons (Fsp3) is 0.273. The van der Waals surface area contributed by atoms with Crippen LogP contribution in [0.15, 0.2) is 34.6 Å². The standard InChI is InChI=1S/C11H13BrN2O/c1-8(2)3-6-14-11(15)9-4-5-13-7-10(9)12/h3-5,7H,6H2,1-2H3,(H,14,15). The summed E-state index contributed by atoms with van der Waals surface area (Å²) in [4.78, 5) is 15.5. The van der Waals surface area contributed by atoms with Gasteiger partial charge >= 0.3 is 0 Å². The van der Waals surface area contributed by atoms with Gasteiger partial charge in [0, 0.05) is 23.4 Å². The molecule has 4 heteroatoms. The molecule has 0 fully saturated rings. The van der Waals surface area contributed by atoms with Crippen LogP contribution in [0.25, 0.3) is 0 Å². The molecule has 1 aromatic rings. The van der Waals surface area contributed by atoms with Crippen molar-refractivity contribution >= 4 is 21.8 Å². The Morgan fingerprint density at radius 2 is 2.33 bits per heavy atom. The lowest BCUT2D eigenvalue weighted by Crippen LogP contribution is -2.23. The molecule has 1 rings (SSSR count). The van der Waals surface area contributed by atoms with Crippen molar-refractivity contribution in [2.24, 2.45) is 0 Å². The smallest absolute Gasteiger partial charge is 0.252 e. The molecule has 3 nitrogen and oxygen atoms in total. The minimum Gasteiger partial charge on any atom is -0.349 e. The van der Waals surface area contributed by atoms with Crippen LogP contribution in [0.5, 0.6) is 0 Å². The van der Waals surface area contributed by atoms with Crippen molar-refractivity contribution < 1.29 is 4.79 Å². The monoisotopic (exact) mass is 268 g/mol. The number of carbonyl (C=O) groups excluding carboxylic acids is 1. The molecule has 0 atom stereocenters. The third-order valence-electron chi connectivity index (χ3n) is 1.79. The summed E-state index contributed by atoms with van der Waals surface area (Å²) in [5.74, 6) is -0.0956. The lowest BCUT2D eigenvalue weighted by atomic mass is 10.2. The molecule has 0 aliphatic rings. The molecule has 1 heterocycles. The number of halogens is 1. The summed E-state index contributed by atoms with van der Waals surface area (Å²) in [6.45, 7) is 4.54. The topological polar surface area (TPSA) is 42.0 Å². The van der Waals surface area contributed by atoms with Crippen LogP contribution in [0.1, 0.15) is 24.2 Å². The Bertz CT molecular complexity index is 384. The summed E-state index contributed by atoms with van der Waals surface area (Å²) in [5, 5.41) is 2.80. The zero-order chi connectivity index (χ0) is 11.3. The van der Waals surface area contributed by atoms with Crippen molar-refractivity contribution in [3.8, 4) is 0 Å². The quantitative estimate of drug-likeness (QED) is 0.857. The first-order valence-electron chi connectivity index (χ1n) is 4.62. The molecule has 1 amide bonds. The lowest BCUT2D eigenvalue weighted by molar-refractivity contribution is 0.0957. The Balaban J connectivity index is 2.62. The number of nitrogens with one attached hydrogen (secondary N) is 1. The van der Waals surface area contributed by atoms with Gasteiger partial charge in [-0.25, -0.2) is 0 Å². The molecule has 0 aliphatic heterocycles. The summed E-state index contributed by atoms with van der Waals surface area (Å²) >= 11 is 3.28. The van der Waals surface area contributed by atoms with Gasteiger partial charge in [0.2, 0.25) is 0 Å². The molecule has 0 aromatic carbocycles. The van der Waals surface area contributed by atoms with Crippen LogP contribution in [0, 0.1) is 0 Å². The van der Waals surface area contributed by atoms with Gasteiger partial charge in [-0.1, -0.05) is 11.6 Å². The normalized spacial score (nSPS) is 9.53. The average molecular weight is 269 g/mol. The first-order chi connectivity index (χ1) is 7.11. The number of hydrogen-bond donors (Lipinski definition) is 1. The number of carbonyl (C=O) groups is 1. The predicted molar refractivity (Wildman–Crippen MR) is 63.7 cm³/mol. The Morgan fingerprint density at radius 3 is 2.93 bits per heavy atom. The van der Waals surface area contributed by atoms with Crippen LogP contribution in [0.3, 0.4) is 0 Å². The summed E-state index contributed by atoms with van der Waals surface area (Å²) in [7, 11) is 0. The third kappa shape index (κ3) is 3.83. The molecular weight excluding hydrogens is 256 g/mol. The van der Waals surface area contributed by atoms with Crippen molar-refractivity contribution in [2.75, 3.05) is 6.54 Å². The molecule has 0 saturated heterocycles. The van der Waals surface area contributed by atoms with E-state index in [9.17, 15) is 4.79 Å². The minimum atomic E-state index is -0.0956. The maximum absolute atomic E-state index is 11.6. The van der Waals surface area contributed by atoms with Crippen molar-refractivity contribution in [3.05, 3.63) is 40.1 Å². The van der Waals surface area contributed by atoms with Crippen LogP contribution in [-0.4, -0.2) is 17.4 Å². The first-order valence-corrected chi connectivity index (χ1v) is 5.41. The van der Waals surface area contributed by atoms with E-state index in [2.05, 4.69) is 26.2 Å². The highest BCUT2D eigenvalue weighted by atomic mass is 79.9. The molecule has 0 saturated carbocycles. The minimum absolute atomic E-state index is 0.0956. The molecule has 0 aliphatic carbocycles. The summed E-state index contributed by atoms with van der Waals surface area (Å²) in [6, 6.07) is 1.68. The fourth-order valence-corrected chi connectivity index (χ4v) is 1.43. The number of rotatable bonds is 3. The Morgan fingerprint density at radius 1 is 1.60 bits per heavy atom. The number of aromatic nitrogens is 1. The van der Waals surface area contributed by atoms with E-state index in [1.807, 2.05) is 19.9 Å². The van der Waals surface area contributed by atoms with Gasteiger partial charge in [-0.2, -0.15) is 0 Å². The Labute approximate surface area is 97.7 Å². The van der Waals surface area contributed by atoms with Gasteiger partial charge in [0.1, 0.15) is 0 Å². The SMILES string of the molecule is CC(C)=CCNC(=O)c1ccncc1Br. The molecule has 15 heavy (non-hydrogen) atoms. The van der Waals surface area contributed by atoms with E-state index in [0.717, 1.165) is 0 Å². The van der Waals surface area contributed by atoms with Crippen molar-refractivity contribution in [1.29, 1.82) is 0 Å². The summed E-state index contributed by atoms with van der Waals surface area (Å²) in [6.07, 6.45) is 5.17. The van der Waals surface area contributed by atoms with E-state index in [4.69, 9.17) is 0 Å². The maximum atomic E-state index is 11.6. The average Bonchev–Trinajstić information content (AvgIpc) is 2.17. The molecule has 80 valence electrons. The maximum Gasteiger partial charge on any atom is 0.252 e. The van der Waals surface area contributed by atoms with Gasteiger partial charge in [0.25, 0.3) is 5.91 Å². The number of hydrogen-bond acceptors (Lipinski definition) is 2. The fourth-order valence-electron chi connectivity index (χ4n) is 1.00. The van der Waals surface area contributed by atoms with Gasteiger partial charge in [0.15, 0.2) is 0 Å². The summed E-state index contributed by atoms with van der Waals surface area (Å²) in [5.41, 5.74) is 1.79. The highest BCUT2D eigenvalue weighted by Crippen LogP contribution is 2.13. The largest absolute Gasteiger partial charge is 0.349 e. The number of pyridine rings is 1. The number of nitrogens with zero attached hydrogens (tertiary/aromatic N) is 1. The van der Waals surface area contributed by atoms with Crippen molar-refractivity contribution in [3.63, 3.8) is 0 Å². The molecule has 1 aromatic heterocycles. The highest BCUT2D eigenvalue weighted by Gasteiger charge is 2.07. The highest BCUT2D eigenvalue weighted by molar-refractivity contribution is 9.10. The predicted octanol–water partition coefficient (Wildman–Crippen LogP) is 2.54. The number of allylic oxidation sites excluding steroid dienone is 1. The van der Waals surface area contributed by atoms with E-state index in [0.29, 0.717) is 16.6 Å². The third-order valence-corrected chi connectivity index (χ3v) is 2.42. The van der Waals surface area contributed by atoms with Crippen LogP contribution in [-0.2, 0) is 0 Å². The Kier molecular flexibility index (Phi) is 4.49. The van der Waals surface area contributed by atoms with Crippen LogP contribution >= 0.6 is 15.9 Å². The van der Waals surface area contributed by atoms with Gasteiger partial charge in [0.05, 0.1) is 5.56 Å². The molecule has 0 radical (unpaired) electrons. The van der Waals surface area contributed by atoms with E-state index in [1.54, 1.807) is 18.5 Å². The second-order valence-corrected chi connectivity index (χ2v) is 4.20. The van der Waals surface area contributed by atoms with Crippen molar-refractivity contribution in [1.82, 2.24) is 10.3 Å². The van der Waals surface area contributed by atoms with E-state index in [-0.39, 0.29) is 5.91 Å². The van der Waals surface area contributed by atoms with Crippen molar-refractivity contribution in [2.45, 2.75) is 13.8 Å². The Hall–Kier alpha value is -1.16. The van der Waals surface area contributed by atoms with Gasteiger partial charge < -0.3 is 5.32 Å². The molecular formula is C11H13BrN2O. The second-order valence-electron chi connectivity index (χ2n) is 3.35. The number of amides is 1. The van der Waals surface area contributed by atoms with Crippen LogP contribution < -0.4 is 5.32 Å². The molecule has 0 spiro atoms. The second kappa shape index (κ2) is 5.66. The molecule has 1 N–H and O–H groups in total. The van der Waals surface area contributed by atoms with Crippen LogP contribution in [0.4, 0.5) is 0 Å². The van der Waals surface area contributed by atoms with E-state index >= 15 is 0 Å². The lowest BCUT2D eigenvalue weighted by Gasteiger charge is -2.03. The zero-order valence-corrected chi connectivity index (χ0v) is 10.3. The van der Waals surface area contributed by atoms with E-state index in [1.165, 1.54) is 5.57 Å². The first kappa shape index (κ1) is 11.9. The van der Waals surface area contributed by atoms with Gasteiger partial charge in [-0.15, -0.1) is 0 Å².